The molecule has 1 amide bonds. The Balaban J connectivity index is 1.61. The Kier molecular flexibility index (Phi) is 6.75. The minimum absolute atomic E-state index is 0.0628. The molecule has 2 N–H and O–H groups in total. The van der Waals surface area contributed by atoms with E-state index in [0.717, 1.165) is 17.7 Å². The molecule has 1 atom stereocenters. The lowest BCUT2D eigenvalue weighted by atomic mass is 10.1. The van der Waals surface area contributed by atoms with E-state index in [2.05, 4.69) is 25.6 Å². The average molecular weight is 481 g/mol. The summed E-state index contributed by atoms with van der Waals surface area (Å²) in [5, 5.41) is 14.1. The van der Waals surface area contributed by atoms with E-state index >= 15 is 0 Å². The summed E-state index contributed by atoms with van der Waals surface area (Å²) in [5.74, 6) is -1.01. The van der Waals surface area contributed by atoms with E-state index in [-0.39, 0.29) is 6.42 Å². The van der Waals surface area contributed by atoms with Crippen molar-refractivity contribution in [2.45, 2.75) is 17.4 Å². The second-order valence-corrected chi connectivity index (χ2v) is 9.17. The van der Waals surface area contributed by atoms with Crippen LogP contribution in [0.2, 0.25) is 0 Å². The minimum atomic E-state index is -4.31. The van der Waals surface area contributed by atoms with Crippen LogP contribution in [0.3, 0.4) is 0 Å². The number of carbonyl (C=O) groups is 1. The van der Waals surface area contributed by atoms with Crippen LogP contribution in [0.4, 0.5) is 10.1 Å². The van der Waals surface area contributed by atoms with Gasteiger partial charge in [0.15, 0.2) is 5.82 Å². The smallest absolute Gasteiger partial charge is 0.244 e. The van der Waals surface area contributed by atoms with E-state index in [1.54, 1.807) is 55.6 Å². The zero-order valence-electron chi connectivity index (χ0n) is 18.1. The normalized spacial score (nSPS) is 12.3. The summed E-state index contributed by atoms with van der Waals surface area (Å²) in [4.78, 5) is 12.7. The third-order valence-electron chi connectivity index (χ3n) is 5.03. The van der Waals surface area contributed by atoms with E-state index in [9.17, 15) is 17.6 Å². The molecule has 34 heavy (non-hydrogen) atoms. The number of sulfonamides is 1. The number of hydrogen-bond donors (Lipinski definition) is 2. The molecular weight excluding hydrogens is 459 g/mol. The highest BCUT2D eigenvalue weighted by molar-refractivity contribution is 7.89. The van der Waals surface area contributed by atoms with E-state index in [4.69, 9.17) is 0 Å². The summed E-state index contributed by atoms with van der Waals surface area (Å²) in [6, 6.07) is 19.6. The van der Waals surface area contributed by atoms with Gasteiger partial charge in [0.05, 0.1) is 0 Å². The largest absolute Gasteiger partial charge is 0.325 e. The molecular formula is C23H21FN6O3S. The number of aromatic nitrogens is 4. The molecule has 9 nitrogen and oxygen atoms in total. The van der Waals surface area contributed by atoms with Crippen LogP contribution in [0.25, 0.3) is 11.4 Å². The fourth-order valence-corrected chi connectivity index (χ4v) is 4.66. The SMILES string of the molecule is Cn1nnnc1-c1cccc(NC(=O)[C@H](Cc2ccccc2)NS(=O)(=O)c2ccccc2F)c1. The molecule has 4 rings (SSSR count). The molecule has 0 bridgehead atoms. The molecule has 3 aromatic carbocycles. The van der Waals surface area contributed by atoms with Crippen molar-refractivity contribution in [2.75, 3.05) is 5.32 Å². The quantitative estimate of drug-likeness (QED) is 0.400. The monoisotopic (exact) mass is 480 g/mol. The number of anilines is 1. The molecule has 0 saturated heterocycles. The van der Waals surface area contributed by atoms with Gasteiger partial charge in [0.25, 0.3) is 0 Å². The topological polar surface area (TPSA) is 119 Å². The lowest BCUT2D eigenvalue weighted by molar-refractivity contribution is -0.117. The number of benzene rings is 3. The number of rotatable bonds is 8. The van der Waals surface area contributed by atoms with Crippen LogP contribution in [-0.2, 0) is 28.3 Å². The van der Waals surface area contributed by atoms with Crippen molar-refractivity contribution < 1.29 is 17.6 Å². The lowest BCUT2D eigenvalue weighted by Gasteiger charge is -2.19. The lowest BCUT2D eigenvalue weighted by Crippen LogP contribution is -2.45. The van der Waals surface area contributed by atoms with E-state index in [1.807, 2.05) is 6.07 Å². The van der Waals surface area contributed by atoms with Gasteiger partial charge in [-0.05, 0) is 46.7 Å². The minimum Gasteiger partial charge on any atom is -0.325 e. The van der Waals surface area contributed by atoms with E-state index < -0.39 is 32.7 Å². The summed E-state index contributed by atoms with van der Waals surface area (Å²) >= 11 is 0. The van der Waals surface area contributed by atoms with Gasteiger partial charge < -0.3 is 5.32 Å². The summed E-state index contributed by atoms with van der Waals surface area (Å²) in [5.41, 5.74) is 1.82. The van der Waals surface area contributed by atoms with Crippen LogP contribution in [0, 0.1) is 5.82 Å². The number of tetrazole rings is 1. The van der Waals surface area contributed by atoms with Crippen LogP contribution in [0.15, 0.2) is 83.8 Å². The van der Waals surface area contributed by atoms with Crippen LogP contribution in [0.1, 0.15) is 5.56 Å². The Hall–Kier alpha value is -3.96. The fraction of sp³-hybridized carbons (Fsp3) is 0.130. The van der Waals surface area contributed by atoms with E-state index in [0.29, 0.717) is 17.1 Å². The highest BCUT2D eigenvalue weighted by Crippen LogP contribution is 2.21. The molecule has 11 heteroatoms. The number of carbonyl (C=O) groups excluding carboxylic acids is 1. The van der Waals surface area contributed by atoms with Gasteiger partial charge in [-0.2, -0.15) is 4.72 Å². The Morgan fingerprint density at radius 2 is 1.76 bits per heavy atom. The number of halogens is 1. The molecule has 0 radical (unpaired) electrons. The van der Waals surface area contributed by atoms with Crippen molar-refractivity contribution in [2.24, 2.45) is 7.05 Å². The van der Waals surface area contributed by atoms with Gasteiger partial charge in [-0.15, -0.1) is 5.10 Å². The molecule has 0 spiro atoms. The standard InChI is InChI=1S/C23H21FN6O3S/c1-30-22(26-28-29-30)17-10-7-11-18(15-17)25-23(31)20(14-16-8-3-2-4-9-16)27-34(32,33)21-13-6-5-12-19(21)24/h2-13,15,20,27H,14H2,1H3,(H,25,31)/t20-/m0/s1. The molecule has 0 fully saturated rings. The number of amides is 1. The van der Waals surface area contributed by atoms with Crippen LogP contribution in [-0.4, -0.2) is 40.6 Å². The Morgan fingerprint density at radius 1 is 1.03 bits per heavy atom. The maximum absolute atomic E-state index is 14.2. The van der Waals surface area contributed by atoms with Crippen molar-refractivity contribution >= 4 is 21.6 Å². The van der Waals surface area contributed by atoms with Crippen molar-refractivity contribution in [3.63, 3.8) is 0 Å². The summed E-state index contributed by atoms with van der Waals surface area (Å²) in [6.45, 7) is 0. The molecule has 0 aliphatic carbocycles. The molecule has 0 aliphatic heterocycles. The molecule has 0 saturated carbocycles. The van der Waals surface area contributed by atoms with Gasteiger partial charge in [0.1, 0.15) is 16.8 Å². The van der Waals surface area contributed by atoms with Gasteiger partial charge >= 0.3 is 0 Å². The molecule has 1 aromatic heterocycles. The fourth-order valence-electron chi connectivity index (χ4n) is 3.39. The second-order valence-electron chi connectivity index (χ2n) is 7.49. The number of nitrogens with one attached hydrogen (secondary N) is 2. The first-order valence-corrected chi connectivity index (χ1v) is 11.8. The Bertz CT molecular complexity index is 1410. The summed E-state index contributed by atoms with van der Waals surface area (Å²) < 4.78 is 43.8. The highest BCUT2D eigenvalue weighted by Gasteiger charge is 2.28. The highest BCUT2D eigenvalue weighted by atomic mass is 32.2. The van der Waals surface area contributed by atoms with Crippen LogP contribution < -0.4 is 10.0 Å². The molecule has 0 aliphatic rings. The van der Waals surface area contributed by atoms with Gasteiger partial charge in [-0.3, -0.25) is 4.79 Å². The first-order chi connectivity index (χ1) is 16.3. The molecule has 1 heterocycles. The van der Waals surface area contributed by atoms with Crippen molar-refractivity contribution in [3.05, 3.63) is 90.2 Å². The van der Waals surface area contributed by atoms with Crippen molar-refractivity contribution in [3.8, 4) is 11.4 Å². The number of aryl methyl sites for hydroxylation is 1. The third-order valence-corrected chi connectivity index (χ3v) is 6.54. The zero-order chi connectivity index (χ0) is 24.1. The van der Waals surface area contributed by atoms with Crippen molar-refractivity contribution in [1.29, 1.82) is 0 Å². The third kappa shape index (κ3) is 5.33. The Morgan fingerprint density at radius 3 is 2.47 bits per heavy atom. The maximum atomic E-state index is 14.2. The van der Waals surface area contributed by atoms with Gasteiger partial charge in [-0.25, -0.2) is 17.5 Å². The molecule has 174 valence electrons. The Labute approximate surface area is 195 Å². The van der Waals surface area contributed by atoms with Crippen molar-refractivity contribution in [1.82, 2.24) is 24.9 Å². The van der Waals surface area contributed by atoms with Gasteiger partial charge in [0, 0.05) is 18.3 Å². The number of hydrogen-bond acceptors (Lipinski definition) is 6. The summed E-state index contributed by atoms with van der Waals surface area (Å²) in [7, 11) is -2.62. The van der Waals surface area contributed by atoms with Gasteiger partial charge in [0.2, 0.25) is 15.9 Å². The van der Waals surface area contributed by atoms with Gasteiger partial charge in [-0.1, -0.05) is 54.6 Å². The second kappa shape index (κ2) is 9.89. The van der Waals surface area contributed by atoms with Crippen LogP contribution >= 0.6 is 0 Å². The maximum Gasteiger partial charge on any atom is 0.244 e. The first kappa shape index (κ1) is 23.2. The summed E-state index contributed by atoms with van der Waals surface area (Å²) in [6.07, 6.45) is 0.0628. The number of nitrogens with zero attached hydrogens (tertiary/aromatic N) is 4. The molecule has 4 aromatic rings. The molecule has 0 unspecified atom stereocenters. The predicted octanol–water partition coefficient (Wildman–Crippen LogP) is 2.54. The first-order valence-electron chi connectivity index (χ1n) is 10.3. The van der Waals surface area contributed by atoms with Crippen LogP contribution in [0.5, 0.6) is 0 Å². The zero-order valence-corrected chi connectivity index (χ0v) is 18.9. The van der Waals surface area contributed by atoms with E-state index in [1.165, 1.54) is 16.8 Å². The predicted molar refractivity (Wildman–Crippen MR) is 124 cm³/mol. The average Bonchev–Trinajstić information content (AvgIpc) is 3.25.